The monoisotopic (exact) mass is 290 g/mol. The van der Waals surface area contributed by atoms with Gasteiger partial charge < -0.3 is 15.2 Å². The lowest BCUT2D eigenvalue weighted by Crippen LogP contribution is -2.42. The van der Waals surface area contributed by atoms with Crippen LogP contribution in [0.5, 0.6) is 0 Å². The number of anilines is 1. The first-order valence-corrected chi connectivity index (χ1v) is 7.74. The van der Waals surface area contributed by atoms with E-state index < -0.39 is 0 Å². The normalized spacial score (nSPS) is 16.5. The molecule has 0 aliphatic carbocycles. The molecule has 1 aliphatic heterocycles. The van der Waals surface area contributed by atoms with Gasteiger partial charge in [-0.1, -0.05) is 11.3 Å². The highest BCUT2D eigenvalue weighted by molar-refractivity contribution is 7.07. The van der Waals surface area contributed by atoms with E-state index in [1.807, 2.05) is 17.8 Å². The summed E-state index contributed by atoms with van der Waals surface area (Å²) in [5.41, 5.74) is 2.23. The van der Waals surface area contributed by atoms with E-state index in [1.165, 1.54) is 17.0 Å². The zero-order valence-corrected chi connectivity index (χ0v) is 12.0. The van der Waals surface area contributed by atoms with E-state index in [2.05, 4.69) is 32.3 Å². The van der Waals surface area contributed by atoms with Gasteiger partial charge in [-0.2, -0.15) is 0 Å². The molecular weight excluding hydrogens is 272 g/mol. The molecule has 0 amide bonds. The second-order valence-electron chi connectivity index (χ2n) is 5.02. The number of nitrogens with zero attached hydrogens (tertiary/aromatic N) is 2. The molecule has 2 aromatic rings. The van der Waals surface area contributed by atoms with Crippen LogP contribution in [0.2, 0.25) is 0 Å². The Hall–Kier alpha value is -1.66. The van der Waals surface area contributed by atoms with Crippen LogP contribution in [-0.2, 0) is 6.54 Å². The third kappa shape index (κ3) is 3.26. The summed E-state index contributed by atoms with van der Waals surface area (Å²) in [5.74, 6) is 0. The SMILES string of the molecule is O=c1[nH]c(CNC2CCN(c3ccncc3)CC2)cs1. The van der Waals surface area contributed by atoms with Crippen molar-refractivity contribution in [2.24, 2.45) is 0 Å². The van der Waals surface area contributed by atoms with Gasteiger partial charge in [-0.05, 0) is 25.0 Å². The summed E-state index contributed by atoms with van der Waals surface area (Å²) in [6.07, 6.45) is 5.92. The van der Waals surface area contributed by atoms with Crippen molar-refractivity contribution in [3.05, 3.63) is 45.3 Å². The van der Waals surface area contributed by atoms with Gasteiger partial charge in [0.25, 0.3) is 0 Å². The number of pyridine rings is 1. The number of nitrogens with one attached hydrogen (secondary N) is 2. The van der Waals surface area contributed by atoms with Crippen LogP contribution in [0.3, 0.4) is 0 Å². The molecule has 0 unspecified atom stereocenters. The number of rotatable bonds is 4. The molecule has 20 heavy (non-hydrogen) atoms. The highest BCUT2D eigenvalue weighted by Gasteiger charge is 2.18. The first-order chi connectivity index (χ1) is 9.81. The standard InChI is InChI=1S/C14H18N4OS/c19-14-17-12(10-20-14)9-16-11-3-7-18(8-4-11)13-1-5-15-6-2-13/h1-2,5-6,10-11,16H,3-4,7-9H2,(H,17,19). The van der Waals surface area contributed by atoms with Gasteiger partial charge in [0.05, 0.1) is 0 Å². The Morgan fingerprint density at radius 3 is 2.75 bits per heavy atom. The van der Waals surface area contributed by atoms with E-state index in [9.17, 15) is 4.79 Å². The molecule has 0 aromatic carbocycles. The Bertz CT molecular complexity index is 586. The van der Waals surface area contributed by atoms with Crippen molar-refractivity contribution in [1.82, 2.24) is 15.3 Å². The lowest BCUT2D eigenvalue weighted by Gasteiger charge is -2.33. The van der Waals surface area contributed by atoms with Gasteiger partial charge in [0.2, 0.25) is 0 Å². The van der Waals surface area contributed by atoms with Crippen LogP contribution in [-0.4, -0.2) is 29.1 Å². The maximum atomic E-state index is 11.1. The van der Waals surface area contributed by atoms with Crippen molar-refractivity contribution < 1.29 is 0 Å². The molecule has 0 bridgehead atoms. The Labute approximate surface area is 121 Å². The van der Waals surface area contributed by atoms with Crippen LogP contribution in [0.4, 0.5) is 5.69 Å². The van der Waals surface area contributed by atoms with Crippen molar-refractivity contribution in [3.63, 3.8) is 0 Å². The van der Waals surface area contributed by atoms with Crippen molar-refractivity contribution in [2.75, 3.05) is 18.0 Å². The van der Waals surface area contributed by atoms with Crippen LogP contribution < -0.4 is 15.1 Å². The van der Waals surface area contributed by atoms with Crippen molar-refractivity contribution in [3.8, 4) is 0 Å². The maximum Gasteiger partial charge on any atom is 0.304 e. The van der Waals surface area contributed by atoms with E-state index in [4.69, 9.17) is 0 Å². The zero-order valence-electron chi connectivity index (χ0n) is 11.2. The highest BCUT2D eigenvalue weighted by Crippen LogP contribution is 2.19. The van der Waals surface area contributed by atoms with Gasteiger partial charge in [0, 0.05) is 54.8 Å². The van der Waals surface area contributed by atoms with E-state index in [-0.39, 0.29) is 4.87 Å². The van der Waals surface area contributed by atoms with Crippen LogP contribution in [0.25, 0.3) is 0 Å². The molecule has 106 valence electrons. The Kier molecular flexibility index (Phi) is 4.13. The molecule has 2 N–H and O–H groups in total. The van der Waals surface area contributed by atoms with Gasteiger partial charge in [-0.25, -0.2) is 0 Å². The average Bonchev–Trinajstić information content (AvgIpc) is 2.92. The molecule has 1 aliphatic rings. The molecule has 2 aromatic heterocycles. The van der Waals surface area contributed by atoms with E-state index in [0.29, 0.717) is 6.04 Å². The Balaban J connectivity index is 1.48. The number of thiazole rings is 1. The number of aromatic nitrogens is 2. The minimum Gasteiger partial charge on any atom is -0.371 e. The zero-order chi connectivity index (χ0) is 13.8. The first-order valence-electron chi connectivity index (χ1n) is 6.86. The second-order valence-corrected chi connectivity index (χ2v) is 5.86. The molecule has 3 rings (SSSR count). The smallest absolute Gasteiger partial charge is 0.304 e. The van der Waals surface area contributed by atoms with Crippen LogP contribution in [0.15, 0.2) is 34.7 Å². The Morgan fingerprint density at radius 1 is 1.35 bits per heavy atom. The fourth-order valence-corrected chi connectivity index (χ4v) is 3.13. The number of hydrogen-bond donors (Lipinski definition) is 2. The molecular formula is C14H18N4OS. The summed E-state index contributed by atoms with van der Waals surface area (Å²) in [7, 11) is 0. The molecule has 0 radical (unpaired) electrons. The van der Waals surface area contributed by atoms with Crippen LogP contribution in [0, 0.1) is 0 Å². The second kappa shape index (κ2) is 6.19. The molecule has 1 fully saturated rings. The molecule has 0 saturated carbocycles. The number of H-pyrrole nitrogens is 1. The van der Waals surface area contributed by atoms with E-state index in [0.717, 1.165) is 38.2 Å². The minimum absolute atomic E-state index is 0.0225. The summed E-state index contributed by atoms with van der Waals surface area (Å²) < 4.78 is 0. The molecule has 3 heterocycles. The topological polar surface area (TPSA) is 61.0 Å². The fourth-order valence-electron chi connectivity index (χ4n) is 2.55. The molecule has 0 spiro atoms. The minimum atomic E-state index is 0.0225. The van der Waals surface area contributed by atoms with Crippen molar-refractivity contribution in [2.45, 2.75) is 25.4 Å². The summed E-state index contributed by atoms with van der Waals surface area (Å²) in [6.45, 7) is 2.86. The predicted octanol–water partition coefficient (Wildman–Crippen LogP) is 1.59. The molecule has 0 atom stereocenters. The molecule has 5 nitrogen and oxygen atoms in total. The summed E-state index contributed by atoms with van der Waals surface area (Å²) in [5, 5.41) is 5.41. The fraction of sp³-hybridized carbons (Fsp3) is 0.429. The van der Waals surface area contributed by atoms with Crippen molar-refractivity contribution in [1.29, 1.82) is 0 Å². The number of hydrogen-bond acceptors (Lipinski definition) is 5. The quantitative estimate of drug-likeness (QED) is 0.898. The van der Waals surface area contributed by atoms with Gasteiger partial charge in [0.15, 0.2) is 0 Å². The Morgan fingerprint density at radius 2 is 2.10 bits per heavy atom. The maximum absolute atomic E-state index is 11.1. The predicted molar refractivity (Wildman–Crippen MR) is 81.3 cm³/mol. The molecule has 6 heteroatoms. The van der Waals surface area contributed by atoms with Crippen LogP contribution >= 0.6 is 11.3 Å². The lowest BCUT2D eigenvalue weighted by molar-refractivity contribution is 0.412. The van der Waals surface area contributed by atoms with E-state index in [1.54, 1.807) is 0 Å². The van der Waals surface area contributed by atoms with Gasteiger partial charge in [-0.15, -0.1) is 0 Å². The lowest BCUT2D eigenvalue weighted by atomic mass is 10.0. The average molecular weight is 290 g/mol. The summed E-state index contributed by atoms with van der Waals surface area (Å²) in [4.78, 5) is 20.4. The largest absolute Gasteiger partial charge is 0.371 e. The third-order valence-electron chi connectivity index (χ3n) is 3.67. The number of aromatic amines is 1. The molecule has 1 saturated heterocycles. The number of piperidine rings is 1. The van der Waals surface area contributed by atoms with Crippen LogP contribution in [0.1, 0.15) is 18.5 Å². The third-order valence-corrected chi connectivity index (χ3v) is 4.39. The van der Waals surface area contributed by atoms with Crippen molar-refractivity contribution >= 4 is 17.0 Å². The van der Waals surface area contributed by atoms with Gasteiger partial charge in [0.1, 0.15) is 0 Å². The van der Waals surface area contributed by atoms with Gasteiger partial charge >= 0.3 is 4.87 Å². The van der Waals surface area contributed by atoms with E-state index >= 15 is 0 Å². The highest BCUT2D eigenvalue weighted by atomic mass is 32.1. The first kappa shape index (κ1) is 13.3. The summed E-state index contributed by atoms with van der Waals surface area (Å²) in [6, 6.07) is 4.64. The van der Waals surface area contributed by atoms with Gasteiger partial charge in [-0.3, -0.25) is 9.78 Å². The summed E-state index contributed by atoms with van der Waals surface area (Å²) >= 11 is 1.22.